The molecule has 0 atom stereocenters. The zero-order valence-electron chi connectivity index (χ0n) is 12.7. The maximum absolute atomic E-state index is 12.4. The van der Waals surface area contributed by atoms with Gasteiger partial charge < -0.3 is 4.42 Å². The fourth-order valence-electron chi connectivity index (χ4n) is 2.68. The summed E-state index contributed by atoms with van der Waals surface area (Å²) in [4.78, 5) is 16.9. The first-order valence-corrected chi connectivity index (χ1v) is 8.09. The highest BCUT2D eigenvalue weighted by molar-refractivity contribution is 7.22. The Labute approximate surface area is 136 Å². The molecular formula is C18H14N2O2S. The Morgan fingerprint density at radius 1 is 1.17 bits per heavy atom. The molecule has 2 aromatic heterocycles. The topological polar surface area (TPSA) is 55.1 Å². The number of aromatic nitrogens is 1. The second-order valence-corrected chi connectivity index (χ2v) is 6.58. The van der Waals surface area contributed by atoms with Gasteiger partial charge in [0.25, 0.3) is 5.91 Å². The molecule has 4 aromatic rings. The van der Waals surface area contributed by atoms with Crippen LogP contribution in [0.15, 0.2) is 46.9 Å². The minimum absolute atomic E-state index is 0.283. The van der Waals surface area contributed by atoms with Gasteiger partial charge in [-0.15, -0.1) is 0 Å². The average molecular weight is 322 g/mol. The lowest BCUT2D eigenvalue weighted by Gasteiger charge is -1.97. The van der Waals surface area contributed by atoms with E-state index in [1.54, 1.807) is 6.07 Å². The van der Waals surface area contributed by atoms with Crippen LogP contribution in [0.5, 0.6) is 0 Å². The van der Waals surface area contributed by atoms with Crippen LogP contribution in [-0.2, 0) is 0 Å². The van der Waals surface area contributed by atoms with Crippen molar-refractivity contribution in [2.45, 2.75) is 13.8 Å². The molecule has 0 saturated carbocycles. The van der Waals surface area contributed by atoms with E-state index in [1.165, 1.54) is 16.9 Å². The van der Waals surface area contributed by atoms with Gasteiger partial charge in [0, 0.05) is 5.39 Å². The van der Waals surface area contributed by atoms with E-state index in [-0.39, 0.29) is 5.91 Å². The first kappa shape index (κ1) is 14.0. The molecule has 0 aliphatic heterocycles. The molecule has 5 heteroatoms. The zero-order valence-corrected chi connectivity index (χ0v) is 13.5. The molecule has 1 amide bonds. The number of hydrogen-bond donors (Lipinski definition) is 1. The number of para-hydroxylation sites is 1. The first-order chi connectivity index (χ1) is 11.1. The summed E-state index contributed by atoms with van der Waals surface area (Å²) in [6.45, 7) is 4.08. The molecule has 0 fully saturated rings. The van der Waals surface area contributed by atoms with Crippen molar-refractivity contribution < 1.29 is 9.21 Å². The molecule has 2 aromatic carbocycles. The van der Waals surface area contributed by atoms with Gasteiger partial charge in [-0.25, -0.2) is 4.98 Å². The predicted octanol–water partition coefficient (Wildman–Crippen LogP) is 4.91. The third-order valence-corrected chi connectivity index (χ3v) is 4.62. The number of nitrogens with one attached hydrogen (secondary N) is 1. The van der Waals surface area contributed by atoms with Crippen molar-refractivity contribution in [1.82, 2.24) is 4.98 Å². The van der Waals surface area contributed by atoms with Gasteiger partial charge in [-0.2, -0.15) is 0 Å². The minimum atomic E-state index is -0.283. The van der Waals surface area contributed by atoms with Crippen molar-refractivity contribution >= 4 is 43.6 Å². The fraction of sp³-hybridized carbons (Fsp3) is 0.111. The van der Waals surface area contributed by atoms with E-state index in [1.807, 2.05) is 31.2 Å². The third kappa shape index (κ3) is 2.49. The van der Waals surface area contributed by atoms with Crippen LogP contribution in [0.4, 0.5) is 5.13 Å². The van der Waals surface area contributed by atoms with Crippen LogP contribution >= 0.6 is 11.3 Å². The van der Waals surface area contributed by atoms with Crippen molar-refractivity contribution in [2.24, 2.45) is 0 Å². The number of rotatable bonds is 2. The molecular weight excluding hydrogens is 308 g/mol. The second kappa shape index (κ2) is 5.21. The number of anilines is 1. The second-order valence-electron chi connectivity index (χ2n) is 5.55. The van der Waals surface area contributed by atoms with E-state index in [4.69, 9.17) is 4.42 Å². The summed E-state index contributed by atoms with van der Waals surface area (Å²) in [5.41, 5.74) is 3.93. The molecule has 1 N–H and O–H groups in total. The monoisotopic (exact) mass is 322 g/mol. The molecule has 2 heterocycles. The van der Waals surface area contributed by atoms with Crippen LogP contribution in [-0.4, -0.2) is 10.9 Å². The maximum Gasteiger partial charge on any atom is 0.293 e. The van der Waals surface area contributed by atoms with Crippen molar-refractivity contribution in [2.75, 3.05) is 5.32 Å². The van der Waals surface area contributed by atoms with Gasteiger partial charge in [-0.1, -0.05) is 35.6 Å². The summed E-state index contributed by atoms with van der Waals surface area (Å²) < 4.78 is 6.66. The van der Waals surface area contributed by atoms with E-state index in [9.17, 15) is 4.79 Å². The summed E-state index contributed by atoms with van der Waals surface area (Å²) in [6.07, 6.45) is 0. The largest absolute Gasteiger partial charge is 0.451 e. The van der Waals surface area contributed by atoms with Gasteiger partial charge in [0.15, 0.2) is 10.9 Å². The number of furan rings is 1. The highest BCUT2D eigenvalue weighted by atomic mass is 32.1. The Morgan fingerprint density at radius 2 is 2.00 bits per heavy atom. The van der Waals surface area contributed by atoms with E-state index >= 15 is 0 Å². The molecule has 0 radical (unpaired) electrons. The summed E-state index contributed by atoms with van der Waals surface area (Å²) in [5.74, 6) is 0.00740. The van der Waals surface area contributed by atoms with Crippen molar-refractivity contribution in [3.8, 4) is 0 Å². The Kier molecular flexibility index (Phi) is 3.16. The lowest BCUT2D eigenvalue weighted by molar-refractivity contribution is 0.0998. The zero-order chi connectivity index (χ0) is 16.0. The lowest BCUT2D eigenvalue weighted by atomic mass is 10.1. The summed E-state index contributed by atoms with van der Waals surface area (Å²) in [5, 5.41) is 4.32. The molecule has 114 valence electrons. The van der Waals surface area contributed by atoms with Crippen LogP contribution < -0.4 is 5.32 Å². The quantitative estimate of drug-likeness (QED) is 0.570. The Morgan fingerprint density at radius 3 is 2.83 bits per heavy atom. The van der Waals surface area contributed by atoms with Gasteiger partial charge in [0.05, 0.1) is 10.2 Å². The van der Waals surface area contributed by atoms with Gasteiger partial charge in [0.1, 0.15) is 5.58 Å². The number of aryl methyl sites for hydroxylation is 2. The number of fused-ring (bicyclic) bond motifs is 2. The number of nitrogens with zero attached hydrogens (tertiary/aromatic N) is 1. The van der Waals surface area contributed by atoms with E-state index in [0.29, 0.717) is 16.5 Å². The smallest absolute Gasteiger partial charge is 0.293 e. The molecule has 0 aliphatic carbocycles. The summed E-state index contributed by atoms with van der Waals surface area (Å²) >= 11 is 1.47. The lowest BCUT2D eigenvalue weighted by Crippen LogP contribution is -2.10. The molecule has 23 heavy (non-hydrogen) atoms. The maximum atomic E-state index is 12.4. The minimum Gasteiger partial charge on any atom is -0.451 e. The molecule has 0 bridgehead atoms. The molecule has 0 aliphatic rings. The number of benzene rings is 2. The van der Waals surface area contributed by atoms with Crippen LogP contribution in [0.25, 0.3) is 21.2 Å². The number of hydrogen-bond acceptors (Lipinski definition) is 4. The third-order valence-electron chi connectivity index (χ3n) is 3.70. The summed E-state index contributed by atoms with van der Waals surface area (Å²) in [6, 6.07) is 13.5. The molecule has 0 spiro atoms. The van der Waals surface area contributed by atoms with Gasteiger partial charge in [-0.3, -0.25) is 10.1 Å². The normalized spacial score (nSPS) is 11.2. The van der Waals surface area contributed by atoms with Gasteiger partial charge in [-0.05, 0) is 43.2 Å². The highest BCUT2D eigenvalue weighted by Gasteiger charge is 2.15. The van der Waals surface area contributed by atoms with E-state index in [2.05, 4.69) is 29.4 Å². The number of amides is 1. The van der Waals surface area contributed by atoms with E-state index in [0.717, 1.165) is 21.2 Å². The molecule has 0 saturated heterocycles. The van der Waals surface area contributed by atoms with E-state index < -0.39 is 0 Å². The predicted molar refractivity (Wildman–Crippen MR) is 93.3 cm³/mol. The Bertz CT molecular complexity index is 1010. The SMILES string of the molecule is Cc1cc(C)c2nc(NC(=O)c3cc4ccccc4o3)sc2c1. The van der Waals surface area contributed by atoms with Crippen molar-refractivity contribution in [3.63, 3.8) is 0 Å². The van der Waals surface area contributed by atoms with Crippen molar-refractivity contribution in [1.29, 1.82) is 0 Å². The van der Waals surface area contributed by atoms with Crippen molar-refractivity contribution in [3.05, 3.63) is 59.4 Å². The van der Waals surface area contributed by atoms with Crippen LogP contribution in [0.2, 0.25) is 0 Å². The first-order valence-electron chi connectivity index (χ1n) is 7.28. The Hall–Kier alpha value is -2.66. The standard InChI is InChI=1S/C18H14N2O2S/c1-10-7-11(2)16-15(8-10)23-18(19-16)20-17(21)14-9-12-5-3-4-6-13(12)22-14/h3-9H,1-2H3,(H,19,20,21). The number of carbonyl (C=O) groups excluding carboxylic acids is 1. The highest BCUT2D eigenvalue weighted by Crippen LogP contribution is 2.30. The van der Waals surface area contributed by atoms with Crippen LogP contribution in [0.1, 0.15) is 21.7 Å². The molecule has 4 rings (SSSR count). The van der Waals surface area contributed by atoms with Crippen LogP contribution in [0.3, 0.4) is 0 Å². The molecule has 4 nitrogen and oxygen atoms in total. The average Bonchev–Trinajstić information content (AvgIpc) is 3.10. The van der Waals surface area contributed by atoms with Crippen LogP contribution in [0, 0.1) is 13.8 Å². The molecule has 0 unspecified atom stereocenters. The fourth-order valence-corrected chi connectivity index (χ4v) is 3.71. The van der Waals surface area contributed by atoms with Gasteiger partial charge >= 0.3 is 0 Å². The van der Waals surface area contributed by atoms with Gasteiger partial charge in [0.2, 0.25) is 0 Å². The summed E-state index contributed by atoms with van der Waals surface area (Å²) in [7, 11) is 0. The number of carbonyl (C=O) groups is 1. The Balaban J connectivity index is 1.67. The number of thiazole rings is 1.